The Morgan fingerprint density at radius 2 is 2.16 bits per heavy atom. The van der Waals surface area contributed by atoms with Crippen LogP contribution in [0.1, 0.15) is 48.0 Å². The van der Waals surface area contributed by atoms with Gasteiger partial charge < -0.3 is 0 Å². The van der Waals surface area contributed by atoms with Crippen molar-refractivity contribution in [3.05, 3.63) is 34.1 Å². The third-order valence-electron chi connectivity index (χ3n) is 4.88. The summed E-state index contributed by atoms with van der Waals surface area (Å²) in [6.07, 6.45) is 5.68. The summed E-state index contributed by atoms with van der Waals surface area (Å²) in [6.45, 7) is 1.67. The molecule has 2 fully saturated rings. The largest absolute Gasteiger partial charge is 0.294 e. The minimum Gasteiger partial charge on any atom is -0.294 e. The predicted molar refractivity (Wildman–Crippen MR) is 74.0 cm³/mol. The lowest BCUT2D eigenvalue weighted by Crippen LogP contribution is -2.15. The molecule has 1 nitrogen and oxygen atoms in total. The number of aryl methyl sites for hydroxylation is 1. The highest BCUT2D eigenvalue weighted by Crippen LogP contribution is 2.49. The van der Waals surface area contributed by atoms with Gasteiger partial charge in [0.05, 0.1) is 5.02 Å². The van der Waals surface area contributed by atoms with Gasteiger partial charge in [-0.15, -0.1) is 0 Å². The van der Waals surface area contributed by atoms with Gasteiger partial charge in [-0.25, -0.2) is 4.39 Å². The maximum absolute atomic E-state index is 13.4. The molecule has 0 radical (unpaired) electrons. The Bertz CT molecular complexity index is 526. The van der Waals surface area contributed by atoms with E-state index >= 15 is 0 Å². The van der Waals surface area contributed by atoms with Gasteiger partial charge in [-0.2, -0.15) is 0 Å². The summed E-state index contributed by atoms with van der Waals surface area (Å²) in [7, 11) is 0. The Balaban J connectivity index is 1.75. The predicted octanol–water partition coefficient (Wildman–Crippen LogP) is 4.80. The average molecular weight is 281 g/mol. The first kappa shape index (κ1) is 13.1. The second kappa shape index (κ2) is 4.90. The Morgan fingerprint density at radius 1 is 1.37 bits per heavy atom. The van der Waals surface area contributed by atoms with Gasteiger partial charge in [-0.05, 0) is 61.6 Å². The number of carbonyl (C=O) groups excluding carboxylic acids is 1. The molecule has 1 aromatic carbocycles. The zero-order valence-corrected chi connectivity index (χ0v) is 11.8. The maximum atomic E-state index is 13.4. The van der Waals surface area contributed by atoms with Crippen LogP contribution in [0.25, 0.3) is 0 Å². The molecule has 0 N–H and O–H groups in total. The second-order valence-corrected chi connectivity index (χ2v) is 6.55. The minimum atomic E-state index is -0.346. The van der Waals surface area contributed by atoms with Crippen LogP contribution in [0.2, 0.25) is 5.02 Å². The molecule has 0 amide bonds. The van der Waals surface area contributed by atoms with E-state index in [4.69, 9.17) is 11.6 Å². The standard InChI is InChI=1S/C16H18ClFO/c1-9-4-13(14(17)8-15(9)18)16(19)7-12-6-10-2-3-11(12)5-10/h4,8,10-12H,2-3,5-7H2,1H3. The van der Waals surface area contributed by atoms with Gasteiger partial charge in [-0.3, -0.25) is 4.79 Å². The first-order valence-electron chi connectivity index (χ1n) is 7.03. The van der Waals surface area contributed by atoms with Crippen LogP contribution < -0.4 is 0 Å². The van der Waals surface area contributed by atoms with Crippen LogP contribution in [0.5, 0.6) is 0 Å². The van der Waals surface area contributed by atoms with Gasteiger partial charge in [0, 0.05) is 12.0 Å². The summed E-state index contributed by atoms with van der Waals surface area (Å²) in [4.78, 5) is 12.4. The van der Waals surface area contributed by atoms with Crippen molar-refractivity contribution < 1.29 is 9.18 Å². The van der Waals surface area contributed by atoms with E-state index in [0.29, 0.717) is 23.5 Å². The van der Waals surface area contributed by atoms with Crippen LogP contribution in [0.15, 0.2) is 12.1 Å². The highest BCUT2D eigenvalue weighted by Gasteiger charge is 2.40. The van der Waals surface area contributed by atoms with Crippen LogP contribution >= 0.6 is 11.6 Å². The fourth-order valence-electron chi connectivity index (χ4n) is 3.85. The quantitative estimate of drug-likeness (QED) is 0.727. The summed E-state index contributed by atoms with van der Waals surface area (Å²) in [5, 5.41) is 0.247. The van der Waals surface area contributed by atoms with Crippen molar-refractivity contribution in [2.24, 2.45) is 17.8 Å². The van der Waals surface area contributed by atoms with E-state index in [-0.39, 0.29) is 16.6 Å². The van der Waals surface area contributed by atoms with Crippen molar-refractivity contribution in [3.8, 4) is 0 Å². The van der Waals surface area contributed by atoms with E-state index in [9.17, 15) is 9.18 Å². The molecule has 0 aromatic heterocycles. The van der Waals surface area contributed by atoms with Gasteiger partial charge >= 0.3 is 0 Å². The molecule has 19 heavy (non-hydrogen) atoms. The number of hydrogen-bond donors (Lipinski definition) is 0. The molecule has 0 aliphatic heterocycles. The molecule has 2 saturated carbocycles. The zero-order chi connectivity index (χ0) is 13.6. The molecule has 3 rings (SSSR count). The lowest BCUT2D eigenvalue weighted by atomic mass is 9.84. The number of benzene rings is 1. The van der Waals surface area contributed by atoms with Crippen LogP contribution in [-0.4, -0.2) is 5.78 Å². The van der Waals surface area contributed by atoms with Crippen molar-refractivity contribution in [2.45, 2.75) is 39.0 Å². The van der Waals surface area contributed by atoms with Gasteiger partial charge in [0.2, 0.25) is 0 Å². The number of fused-ring (bicyclic) bond motifs is 2. The smallest absolute Gasteiger partial charge is 0.164 e. The molecule has 2 aliphatic carbocycles. The van der Waals surface area contributed by atoms with E-state index in [1.54, 1.807) is 13.0 Å². The minimum absolute atomic E-state index is 0.0747. The topological polar surface area (TPSA) is 17.1 Å². The van der Waals surface area contributed by atoms with E-state index < -0.39 is 0 Å². The lowest BCUT2D eigenvalue weighted by Gasteiger charge is -2.21. The van der Waals surface area contributed by atoms with Crippen LogP contribution in [0.3, 0.4) is 0 Å². The lowest BCUT2D eigenvalue weighted by molar-refractivity contribution is 0.0944. The van der Waals surface area contributed by atoms with Gasteiger partial charge in [0.15, 0.2) is 5.78 Å². The molecule has 3 heteroatoms. The van der Waals surface area contributed by atoms with Crippen LogP contribution in [-0.2, 0) is 0 Å². The molecule has 102 valence electrons. The summed E-state index contributed by atoms with van der Waals surface area (Å²) in [5.41, 5.74) is 0.976. The number of rotatable bonds is 3. The number of hydrogen-bond acceptors (Lipinski definition) is 1. The Hall–Kier alpha value is -0.890. The van der Waals surface area contributed by atoms with Crippen molar-refractivity contribution in [3.63, 3.8) is 0 Å². The maximum Gasteiger partial charge on any atom is 0.164 e. The zero-order valence-electron chi connectivity index (χ0n) is 11.1. The van der Waals surface area contributed by atoms with Crippen LogP contribution in [0, 0.1) is 30.5 Å². The normalized spacial score (nSPS) is 28.9. The highest BCUT2D eigenvalue weighted by atomic mass is 35.5. The first-order chi connectivity index (χ1) is 9.04. The van der Waals surface area contributed by atoms with E-state index in [1.807, 2.05) is 0 Å². The highest BCUT2D eigenvalue weighted by molar-refractivity contribution is 6.34. The summed E-state index contributed by atoms with van der Waals surface area (Å²) >= 11 is 6.00. The van der Waals surface area contributed by atoms with Crippen molar-refractivity contribution in [2.75, 3.05) is 0 Å². The Kier molecular flexibility index (Phi) is 3.38. The molecule has 2 bridgehead atoms. The first-order valence-corrected chi connectivity index (χ1v) is 7.41. The fourth-order valence-corrected chi connectivity index (χ4v) is 4.10. The fraction of sp³-hybridized carbons (Fsp3) is 0.562. The van der Waals surface area contributed by atoms with E-state index in [1.165, 1.54) is 31.7 Å². The molecule has 1 aromatic rings. The number of halogens is 2. The third-order valence-corrected chi connectivity index (χ3v) is 5.19. The number of ketones is 1. The van der Waals surface area contributed by atoms with Gasteiger partial charge in [0.25, 0.3) is 0 Å². The molecule has 0 spiro atoms. The number of Topliss-reactive ketones (excluding diaryl/α,β-unsaturated/α-hetero) is 1. The van der Waals surface area contributed by atoms with Crippen LogP contribution in [0.4, 0.5) is 4.39 Å². The monoisotopic (exact) mass is 280 g/mol. The SMILES string of the molecule is Cc1cc(C(=O)CC2CC3CCC2C3)c(Cl)cc1F. The molecular formula is C16H18ClFO. The average Bonchev–Trinajstić information content (AvgIpc) is 2.95. The molecule has 3 atom stereocenters. The second-order valence-electron chi connectivity index (χ2n) is 6.14. The summed E-state index contributed by atoms with van der Waals surface area (Å²) in [5.74, 6) is 1.82. The molecule has 2 aliphatic rings. The molecule has 0 heterocycles. The van der Waals surface area contributed by atoms with E-state index in [2.05, 4.69) is 0 Å². The van der Waals surface area contributed by atoms with Gasteiger partial charge in [0.1, 0.15) is 5.82 Å². The van der Waals surface area contributed by atoms with Crippen molar-refractivity contribution >= 4 is 17.4 Å². The number of carbonyl (C=O) groups is 1. The van der Waals surface area contributed by atoms with Crippen molar-refractivity contribution in [1.82, 2.24) is 0 Å². The van der Waals surface area contributed by atoms with Gasteiger partial charge in [-0.1, -0.05) is 18.0 Å². The molecular weight excluding hydrogens is 263 g/mol. The summed E-state index contributed by atoms with van der Waals surface area (Å²) < 4.78 is 13.4. The molecule has 3 unspecified atom stereocenters. The third kappa shape index (κ3) is 2.43. The molecule has 0 saturated heterocycles. The summed E-state index contributed by atoms with van der Waals surface area (Å²) in [6, 6.07) is 2.85. The van der Waals surface area contributed by atoms with E-state index in [0.717, 1.165) is 11.8 Å². The Labute approximate surface area is 118 Å². The van der Waals surface area contributed by atoms with Crippen molar-refractivity contribution in [1.29, 1.82) is 0 Å². The Morgan fingerprint density at radius 3 is 2.79 bits per heavy atom.